The van der Waals surface area contributed by atoms with Gasteiger partial charge in [0.25, 0.3) is 0 Å². The molecule has 39 heavy (non-hydrogen) atoms. The summed E-state index contributed by atoms with van der Waals surface area (Å²) in [5.74, 6) is -0.998. The number of anilines is 2. The molecule has 3 aromatic rings. The third kappa shape index (κ3) is 6.68. The molecule has 0 radical (unpaired) electrons. The molecular formula is C26H21F3N4O5S. The van der Waals surface area contributed by atoms with E-state index in [0.29, 0.717) is 11.3 Å². The normalized spacial score (nSPS) is 16.7. The standard InChI is InChI=1S/C26H21F3N4O5S/c1-38-21-11-15(5-10-20(21)35)14-30-32-25-33(18-6-8-19(34)9-7-18)24(37)22(39-25)13-23(36)31-17-4-2-3-16(12-17)26(27,28)29/h2-12,14,22,34-35H,13H2,1H3,(H,31,36)/b30-14+,32-25?. The van der Waals surface area contributed by atoms with E-state index >= 15 is 0 Å². The molecular weight excluding hydrogens is 537 g/mol. The maximum Gasteiger partial charge on any atom is 0.416 e. The van der Waals surface area contributed by atoms with Crippen LogP contribution in [0.25, 0.3) is 0 Å². The molecule has 3 N–H and O–H groups in total. The van der Waals surface area contributed by atoms with E-state index in [2.05, 4.69) is 15.5 Å². The number of aromatic hydroxyl groups is 2. The maximum atomic E-state index is 13.3. The highest BCUT2D eigenvalue weighted by Gasteiger charge is 2.40. The quantitative estimate of drug-likeness (QED) is 0.277. The fraction of sp³-hybridized carbons (Fsp3) is 0.154. The van der Waals surface area contributed by atoms with Crippen LogP contribution in [0.5, 0.6) is 17.2 Å². The van der Waals surface area contributed by atoms with Crippen LogP contribution in [-0.4, -0.2) is 45.8 Å². The monoisotopic (exact) mass is 558 g/mol. The lowest BCUT2D eigenvalue weighted by Crippen LogP contribution is -2.33. The van der Waals surface area contributed by atoms with E-state index in [1.165, 1.54) is 66.8 Å². The van der Waals surface area contributed by atoms with Crippen molar-refractivity contribution < 1.29 is 37.7 Å². The zero-order valence-corrected chi connectivity index (χ0v) is 21.0. The molecule has 1 atom stereocenters. The number of hydrogen-bond acceptors (Lipinski definition) is 8. The van der Waals surface area contributed by atoms with Gasteiger partial charge in [0.05, 0.1) is 24.6 Å². The number of alkyl halides is 3. The lowest BCUT2D eigenvalue weighted by molar-refractivity contribution is -0.137. The number of hydrogen-bond donors (Lipinski definition) is 3. The SMILES string of the molecule is COc1cc(/C=N/N=C2SC(CC(=O)Nc3cccc(C(F)(F)F)c3)C(=O)N2c2ccc(O)cc2)ccc1O. The number of methoxy groups -OCH3 is 1. The first-order valence-electron chi connectivity index (χ1n) is 11.3. The minimum atomic E-state index is -4.57. The molecule has 1 aliphatic rings. The molecule has 202 valence electrons. The minimum Gasteiger partial charge on any atom is -0.508 e. The van der Waals surface area contributed by atoms with Crippen molar-refractivity contribution in [3.8, 4) is 17.2 Å². The second-order valence-corrected chi connectivity index (χ2v) is 9.36. The van der Waals surface area contributed by atoms with Gasteiger partial charge in [-0.05, 0) is 66.2 Å². The van der Waals surface area contributed by atoms with Gasteiger partial charge in [-0.3, -0.25) is 14.5 Å². The molecule has 2 amide bonds. The smallest absolute Gasteiger partial charge is 0.416 e. The molecule has 0 aromatic heterocycles. The zero-order chi connectivity index (χ0) is 28.2. The molecule has 3 aromatic carbocycles. The Morgan fingerprint density at radius 1 is 1.13 bits per heavy atom. The Hall–Kier alpha value is -4.52. The summed E-state index contributed by atoms with van der Waals surface area (Å²) in [5, 5.41) is 29.1. The van der Waals surface area contributed by atoms with Crippen LogP contribution in [0.1, 0.15) is 17.5 Å². The van der Waals surface area contributed by atoms with Crippen LogP contribution in [-0.2, 0) is 15.8 Å². The summed E-state index contributed by atoms with van der Waals surface area (Å²) in [4.78, 5) is 27.1. The molecule has 1 aliphatic heterocycles. The summed E-state index contributed by atoms with van der Waals surface area (Å²) >= 11 is 0.962. The summed E-state index contributed by atoms with van der Waals surface area (Å²) in [7, 11) is 1.40. The van der Waals surface area contributed by atoms with Gasteiger partial charge < -0.3 is 20.3 Å². The average Bonchev–Trinajstić information content (AvgIpc) is 3.19. The van der Waals surface area contributed by atoms with Gasteiger partial charge in [-0.2, -0.15) is 18.3 Å². The first kappa shape index (κ1) is 27.5. The van der Waals surface area contributed by atoms with E-state index in [1.807, 2.05) is 0 Å². The summed E-state index contributed by atoms with van der Waals surface area (Å²) < 4.78 is 44.1. The highest BCUT2D eigenvalue weighted by atomic mass is 32.2. The number of nitrogens with zero attached hydrogens (tertiary/aromatic N) is 3. The molecule has 1 unspecified atom stereocenters. The molecule has 4 rings (SSSR count). The number of thioether (sulfide) groups is 1. The summed E-state index contributed by atoms with van der Waals surface area (Å²) in [6.07, 6.45) is -3.53. The van der Waals surface area contributed by atoms with Crippen molar-refractivity contribution in [3.05, 3.63) is 77.9 Å². The van der Waals surface area contributed by atoms with Crippen molar-refractivity contribution in [1.82, 2.24) is 0 Å². The lowest BCUT2D eigenvalue weighted by atomic mass is 10.2. The lowest BCUT2D eigenvalue weighted by Gasteiger charge is -2.16. The fourth-order valence-electron chi connectivity index (χ4n) is 3.58. The molecule has 0 bridgehead atoms. The second kappa shape index (κ2) is 11.5. The topological polar surface area (TPSA) is 124 Å². The number of halogens is 3. The van der Waals surface area contributed by atoms with Crippen LogP contribution < -0.4 is 15.0 Å². The third-order valence-electron chi connectivity index (χ3n) is 5.44. The van der Waals surface area contributed by atoms with Crippen LogP contribution in [0.15, 0.2) is 76.9 Å². The first-order chi connectivity index (χ1) is 18.5. The summed E-state index contributed by atoms with van der Waals surface area (Å²) in [6.45, 7) is 0. The Labute approximate surface area is 224 Å². The van der Waals surface area contributed by atoms with Gasteiger partial charge >= 0.3 is 6.18 Å². The van der Waals surface area contributed by atoms with Crippen LogP contribution in [0.4, 0.5) is 24.5 Å². The number of amidine groups is 1. The Morgan fingerprint density at radius 3 is 2.56 bits per heavy atom. The largest absolute Gasteiger partial charge is 0.508 e. The maximum absolute atomic E-state index is 13.3. The van der Waals surface area contributed by atoms with Crippen LogP contribution in [0.2, 0.25) is 0 Å². The zero-order valence-electron chi connectivity index (χ0n) is 20.2. The molecule has 1 fully saturated rings. The molecule has 1 heterocycles. The van der Waals surface area contributed by atoms with Crippen molar-refractivity contribution in [2.24, 2.45) is 10.2 Å². The molecule has 0 spiro atoms. The average molecular weight is 559 g/mol. The van der Waals surface area contributed by atoms with E-state index in [4.69, 9.17) is 4.74 Å². The molecule has 1 saturated heterocycles. The van der Waals surface area contributed by atoms with E-state index in [1.54, 1.807) is 6.07 Å². The first-order valence-corrected chi connectivity index (χ1v) is 12.2. The number of phenols is 2. The Morgan fingerprint density at radius 2 is 1.87 bits per heavy atom. The number of ether oxygens (including phenoxy) is 1. The number of phenolic OH excluding ortho intramolecular Hbond substituents is 2. The van der Waals surface area contributed by atoms with E-state index < -0.39 is 28.8 Å². The highest BCUT2D eigenvalue weighted by Crippen LogP contribution is 2.35. The predicted octanol–water partition coefficient (Wildman–Crippen LogP) is 4.99. The molecule has 13 heteroatoms. The Balaban J connectivity index is 1.54. The third-order valence-corrected chi connectivity index (χ3v) is 6.57. The van der Waals surface area contributed by atoms with E-state index in [-0.39, 0.29) is 34.5 Å². The summed E-state index contributed by atoms with van der Waals surface area (Å²) in [6, 6.07) is 14.5. The van der Waals surface area contributed by atoms with Crippen molar-refractivity contribution in [2.75, 3.05) is 17.3 Å². The number of rotatable bonds is 7. The number of carbonyl (C=O) groups excluding carboxylic acids is 2. The van der Waals surface area contributed by atoms with Crippen molar-refractivity contribution in [1.29, 1.82) is 0 Å². The van der Waals surface area contributed by atoms with Gasteiger partial charge in [0.2, 0.25) is 11.8 Å². The number of amides is 2. The number of nitrogens with one attached hydrogen (secondary N) is 1. The Kier molecular flexibility index (Phi) is 8.10. The second-order valence-electron chi connectivity index (χ2n) is 8.19. The van der Waals surface area contributed by atoms with Gasteiger partial charge in [0, 0.05) is 12.1 Å². The van der Waals surface area contributed by atoms with Gasteiger partial charge in [-0.25, -0.2) is 0 Å². The van der Waals surface area contributed by atoms with Crippen LogP contribution in [0.3, 0.4) is 0 Å². The van der Waals surface area contributed by atoms with Crippen molar-refractivity contribution in [3.63, 3.8) is 0 Å². The van der Waals surface area contributed by atoms with Crippen LogP contribution in [0, 0.1) is 0 Å². The molecule has 0 saturated carbocycles. The Bertz CT molecular complexity index is 1440. The number of benzene rings is 3. The highest BCUT2D eigenvalue weighted by molar-refractivity contribution is 8.16. The molecule has 0 aliphatic carbocycles. The van der Waals surface area contributed by atoms with E-state index in [9.17, 15) is 33.0 Å². The minimum absolute atomic E-state index is 0.0205. The van der Waals surface area contributed by atoms with Gasteiger partial charge in [-0.1, -0.05) is 17.8 Å². The van der Waals surface area contributed by atoms with Gasteiger partial charge in [0.1, 0.15) is 11.0 Å². The van der Waals surface area contributed by atoms with Gasteiger partial charge in [0.15, 0.2) is 16.7 Å². The predicted molar refractivity (Wildman–Crippen MR) is 141 cm³/mol. The van der Waals surface area contributed by atoms with Crippen molar-refractivity contribution in [2.45, 2.75) is 17.8 Å². The summed E-state index contributed by atoms with van der Waals surface area (Å²) in [5.41, 5.74) is -0.0463. The van der Waals surface area contributed by atoms with Crippen LogP contribution >= 0.6 is 11.8 Å². The van der Waals surface area contributed by atoms with Gasteiger partial charge in [-0.15, -0.1) is 5.10 Å². The molecule has 9 nitrogen and oxygen atoms in total. The number of carbonyl (C=O) groups is 2. The van der Waals surface area contributed by atoms with Crippen molar-refractivity contribution >= 4 is 46.3 Å². The van der Waals surface area contributed by atoms with E-state index in [0.717, 1.165) is 23.9 Å². The fourth-order valence-corrected chi connectivity index (χ4v) is 4.67.